The van der Waals surface area contributed by atoms with Gasteiger partial charge in [0.2, 0.25) is 0 Å². The minimum Gasteiger partial charge on any atom is -0.326 e. The molecule has 1 aromatic carbocycles. The zero-order valence-corrected chi connectivity index (χ0v) is 12.2. The van der Waals surface area contributed by atoms with Crippen LogP contribution in [0.1, 0.15) is 50.5 Å². The highest BCUT2D eigenvalue weighted by atomic mass is 16.1. The topological polar surface area (TPSA) is 43.1 Å². The summed E-state index contributed by atoms with van der Waals surface area (Å²) in [5.74, 6) is 0.0947. The molecule has 0 unspecified atom stereocenters. The highest BCUT2D eigenvalue weighted by molar-refractivity contribution is 6.29. The zero-order chi connectivity index (χ0) is 14.4. The quantitative estimate of drug-likeness (QED) is 0.854. The number of carbonyl (C=O) groups is 1. The van der Waals surface area contributed by atoms with E-state index in [0.717, 1.165) is 31.2 Å². The standard InChI is InChI=1S/C17H24BNO/c18-17(19,13-14-9-5-4-6-10-14)16(20)15-11-7-2-1-3-8-12-15/h4-6,9-10,15H,1-3,7-8,11-13,19H2/t17-/m0/s1. The van der Waals surface area contributed by atoms with Crippen LogP contribution in [-0.4, -0.2) is 19.1 Å². The third-order valence-corrected chi connectivity index (χ3v) is 4.27. The Labute approximate surface area is 123 Å². The molecule has 0 amide bonds. The minimum atomic E-state index is -1.23. The number of benzene rings is 1. The maximum atomic E-state index is 12.6. The number of carbonyl (C=O) groups excluding carboxylic acids is 1. The summed E-state index contributed by atoms with van der Waals surface area (Å²) in [7, 11) is 6.14. The summed E-state index contributed by atoms with van der Waals surface area (Å²) in [5.41, 5.74) is 5.94. The van der Waals surface area contributed by atoms with Gasteiger partial charge >= 0.3 is 0 Å². The van der Waals surface area contributed by atoms with Crippen LogP contribution in [0, 0.1) is 5.92 Å². The first-order chi connectivity index (χ1) is 9.59. The first-order valence-corrected chi connectivity index (χ1v) is 7.75. The lowest BCUT2D eigenvalue weighted by molar-refractivity contribution is -0.126. The highest BCUT2D eigenvalue weighted by Crippen LogP contribution is 2.26. The smallest absolute Gasteiger partial charge is 0.146 e. The average Bonchev–Trinajstić information content (AvgIpc) is 2.38. The Morgan fingerprint density at radius 2 is 1.65 bits per heavy atom. The Morgan fingerprint density at radius 3 is 2.25 bits per heavy atom. The van der Waals surface area contributed by atoms with Crippen LogP contribution in [0.2, 0.25) is 0 Å². The van der Waals surface area contributed by atoms with E-state index in [1.54, 1.807) is 0 Å². The monoisotopic (exact) mass is 269 g/mol. The molecule has 0 aromatic heterocycles. The third kappa shape index (κ3) is 4.21. The molecule has 0 heterocycles. The van der Waals surface area contributed by atoms with Gasteiger partial charge in [-0.05, 0) is 24.8 Å². The van der Waals surface area contributed by atoms with Crippen molar-refractivity contribution in [2.45, 2.75) is 56.8 Å². The maximum absolute atomic E-state index is 12.6. The van der Waals surface area contributed by atoms with Crippen molar-refractivity contribution < 1.29 is 4.79 Å². The summed E-state index contributed by atoms with van der Waals surface area (Å²) in [6.07, 6.45) is 8.31. The number of nitrogens with two attached hydrogens (primary N) is 1. The second kappa shape index (κ2) is 7.08. The molecule has 0 saturated heterocycles. The molecule has 1 fully saturated rings. The van der Waals surface area contributed by atoms with E-state index in [4.69, 9.17) is 13.6 Å². The van der Waals surface area contributed by atoms with Gasteiger partial charge in [-0.1, -0.05) is 62.4 Å². The minimum absolute atomic E-state index is 0.0447. The van der Waals surface area contributed by atoms with Crippen molar-refractivity contribution in [3.8, 4) is 0 Å². The first kappa shape index (κ1) is 15.3. The van der Waals surface area contributed by atoms with Crippen molar-refractivity contribution in [2.75, 3.05) is 0 Å². The number of Topliss-reactive ketones (excluding diaryl/α,β-unsaturated/α-hetero) is 1. The van der Waals surface area contributed by atoms with E-state index in [0.29, 0.717) is 6.42 Å². The molecule has 2 nitrogen and oxygen atoms in total. The summed E-state index contributed by atoms with van der Waals surface area (Å²) >= 11 is 0. The van der Waals surface area contributed by atoms with E-state index in [1.165, 1.54) is 19.3 Å². The molecular formula is C17H24BNO. The van der Waals surface area contributed by atoms with Crippen LogP contribution in [0.3, 0.4) is 0 Å². The van der Waals surface area contributed by atoms with Gasteiger partial charge in [-0.3, -0.25) is 4.79 Å². The van der Waals surface area contributed by atoms with Crippen molar-refractivity contribution >= 4 is 13.6 Å². The molecule has 1 aliphatic carbocycles. The zero-order valence-electron chi connectivity index (χ0n) is 12.2. The molecule has 20 heavy (non-hydrogen) atoms. The molecular weight excluding hydrogens is 245 g/mol. The van der Waals surface area contributed by atoms with Crippen LogP contribution in [0.4, 0.5) is 0 Å². The summed E-state index contributed by atoms with van der Waals surface area (Å²) in [6.45, 7) is 0. The van der Waals surface area contributed by atoms with Gasteiger partial charge in [-0.2, -0.15) is 0 Å². The predicted molar refractivity (Wildman–Crippen MR) is 83.6 cm³/mol. The van der Waals surface area contributed by atoms with Gasteiger partial charge < -0.3 is 5.73 Å². The molecule has 106 valence electrons. The SMILES string of the molecule is [B][C@](N)(Cc1ccccc1)C(=O)C1CCCCCCC1. The number of rotatable bonds is 4. The van der Waals surface area contributed by atoms with Gasteiger partial charge in [-0.15, -0.1) is 0 Å². The van der Waals surface area contributed by atoms with Crippen molar-refractivity contribution in [3.05, 3.63) is 35.9 Å². The highest BCUT2D eigenvalue weighted by Gasteiger charge is 2.33. The Bertz CT molecular complexity index is 422. The third-order valence-electron chi connectivity index (χ3n) is 4.27. The van der Waals surface area contributed by atoms with Crippen molar-refractivity contribution in [1.29, 1.82) is 0 Å². The fourth-order valence-electron chi connectivity index (χ4n) is 3.12. The number of hydrogen-bond donors (Lipinski definition) is 1. The Balaban J connectivity index is 2.01. The molecule has 2 radical (unpaired) electrons. The first-order valence-electron chi connectivity index (χ1n) is 7.75. The fraction of sp³-hybridized carbons (Fsp3) is 0.588. The van der Waals surface area contributed by atoms with Crippen LogP contribution < -0.4 is 5.73 Å². The molecule has 1 atom stereocenters. The van der Waals surface area contributed by atoms with E-state index in [9.17, 15) is 4.79 Å². The molecule has 3 heteroatoms. The van der Waals surface area contributed by atoms with E-state index in [1.807, 2.05) is 30.3 Å². The lowest BCUT2D eigenvalue weighted by atomic mass is 9.66. The van der Waals surface area contributed by atoms with E-state index in [2.05, 4.69) is 0 Å². The van der Waals surface area contributed by atoms with Crippen LogP contribution in [0.25, 0.3) is 0 Å². The maximum Gasteiger partial charge on any atom is 0.146 e. The molecule has 0 aliphatic heterocycles. The van der Waals surface area contributed by atoms with Crippen LogP contribution in [-0.2, 0) is 11.2 Å². The lowest BCUT2D eigenvalue weighted by Crippen LogP contribution is -2.53. The van der Waals surface area contributed by atoms with Crippen LogP contribution >= 0.6 is 0 Å². The van der Waals surface area contributed by atoms with Crippen molar-refractivity contribution in [1.82, 2.24) is 0 Å². The van der Waals surface area contributed by atoms with E-state index in [-0.39, 0.29) is 11.7 Å². The molecule has 1 aliphatic rings. The van der Waals surface area contributed by atoms with Crippen LogP contribution in [0.5, 0.6) is 0 Å². The molecule has 1 aromatic rings. The van der Waals surface area contributed by atoms with Gasteiger partial charge in [0.05, 0.1) is 0 Å². The van der Waals surface area contributed by atoms with Gasteiger partial charge in [0, 0.05) is 11.4 Å². The lowest BCUT2D eigenvalue weighted by Gasteiger charge is -2.30. The Morgan fingerprint density at radius 1 is 1.10 bits per heavy atom. The normalized spacial score (nSPS) is 20.6. The van der Waals surface area contributed by atoms with Gasteiger partial charge in [-0.25, -0.2) is 0 Å². The second-order valence-electron chi connectivity index (χ2n) is 6.11. The summed E-state index contributed by atoms with van der Waals surface area (Å²) in [6, 6.07) is 9.80. The van der Waals surface area contributed by atoms with Gasteiger partial charge in [0.25, 0.3) is 0 Å². The van der Waals surface area contributed by atoms with Gasteiger partial charge in [0.1, 0.15) is 13.6 Å². The summed E-state index contributed by atoms with van der Waals surface area (Å²) in [4.78, 5) is 12.6. The Hall–Kier alpha value is -1.09. The largest absolute Gasteiger partial charge is 0.326 e. The fourth-order valence-corrected chi connectivity index (χ4v) is 3.12. The van der Waals surface area contributed by atoms with Crippen LogP contribution in [0.15, 0.2) is 30.3 Å². The average molecular weight is 269 g/mol. The number of ketones is 1. The predicted octanol–water partition coefficient (Wildman–Crippen LogP) is 2.98. The second-order valence-corrected chi connectivity index (χ2v) is 6.11. The summed E-state index contributed by atoms with van der Waals surface area (Å²) in [5, 5.41) is 0. The van der Waals surface area contributed by atoms with Crippen molar-refractivity contribution in [3.63, 3.8) is 0 Å². The van der Waals surface area contributed by atoms with E-state index >= 15 is 0 Å². The summed E-state index contributed by atoms with van der Waals surface area (Å²) < 4.78 is 0. The molecule has 2 N–H and O–H groups in total. The Kier molecular flexibility index (Phi) is 5.42. The molecule has 2 rings (SSSR count). The van der Waals surface area contributed by atoms with E-state index < -0.39 is 5.44 Å². The molecule has 0 bridgehead atoms. The van der Waals surface area contributed by atoms with Gasteiger partial charge in [0.15, 0.2) is 0 Å². The molecule has 0 spiro atoms. The molecule has 1 saturated carbocycles. The number of hydrogen-bond acceptors (Lipinski definition) is 2. The van der Waals surface area contributed by atoms with Crippen molar-refractivity contribution in [2.24, 2.45) is 11.7 Å².